The fourth-order valence-electron chi connectivity index (χ4n) is 4.69. The highest BCUT2D eigenvalue weighted by Crippen LogP contribution is 2.24. The monoisotopic (exact) mass is 458 g/mol. The predicted molar refractivity (Wildman–Crippen MR) is 133 cm³/mol. The summed E-state index contributed by atoms with van der Waals surface area (Å²) in [5.41, 5.74) is 0.647. The van der Waals surface area contributed by atoms with Crippen LogP contribution < -0.4 is 10.9 Å². The Morgan fingerprint density at radius 2 is 1.88 bits per heavy atom. The van der Waals surface area contributed by atoms with Crippen molar-refractivity contribution in [2.24, 2.45) is 5.92 Å². The van der Waals surface area contributed by atoms with Crippen LogP contribution in [0.1, 0.15) is 60.3 Å². The van der Waals surface area contributed by atoms with Gasteiger partial charge in [-0.15, -0.1) is 0 Å². The molecule has 1 saturated carbocycles. The van der Waals surface area contributed by atoms with E-state index in [2.05, 4.69) is 44.8 Å². The van der Waals surface area contributed by atoms with Gasteiger partial charge in [-0.1, -0.05) is 43.7 Å². The maximum Gasteiger partial charge on any atom is 0.262 e. The van der Waals surface area contributed by atoms with Gasteiger partial charge in [0, 0.05) is 31.2 Å². The van der Waals surface area contributed by atoms with Gasteiger partial charge in [0.15, 0.2) is 5.16 Å². The van der Waals surface area contributed by atoms with E-state index in [0.717, 1.165) is 13.0 Å². The summed E-state index contributed by atoms with van der Waals surface area (Å²) >= 11 is 1.36. The molecule has 1 heterocycles. The molecule has 6 nitrogen and oxygen atoms in total. The zero-order valence-corrected chi connectivity index (χ0v) is 21.0. The molecule has 0 spiro atoms. The molecule has 0 aliphatic heterocycles. The van der Waals surface area contributed by atoms with Crippen LogP contribution in [0.2, 0.25) is 0 Å². The summed E-state index contributed by atoms with van der Waals surface area (Å²) in [4.78, 5) is 33.1. The number of benzene rings is 1. The van der Waals surface area contributed by atoms with Crippen LogP contribution in [0.5, 0.6) is 0 Å². The third kappa shape index (κ3) is 6.13. The number of carbonyl (C=O) groups excluding carboxylic acids is 1. The first-order valence-corrected chi connectivity index (χ1v) is 12.9. The molecule has 2 atom stereocenters. The van der Waals surface area contributed by atoms with Gasteiger partial charge < -0.3 is 5.32 Å². The van der Waals surface area contributed by atoms with Gasteiger partial charge >= 0.3 is 0 Å². The molecule has 1 aliphatic rings. The number of nitrogens with one attached hydrogen (secondary N) is 1. The fourth-order valence-corrected chi connectivity index (χ4v) is 5.53. The molecule has 2 aromatic rings. The summed E-state index contributed by atoms with van der Waals surface area (Å²) < 4.78 is 1.75. The number of nitrogens with zero attached hydrogens (tertiary/aromatic N) is 3. The first-order valence-electron chi connectivity index (χ1n) is 12.0. The molecule has 0 radical (unpaired) electrons. The van der Waals surface area contributed by atoms with Crippen LogP contribution in [0, 0.1) is 5.92 Å². The maximum absolute atomic E-state index is 13.3. The maximum atomic E-state index is 13.3. The Morgan fingerprint density at radius 1 is 1.19 bits per heavy atom. The van der Waals surface area contributed by atoms with Gasteiger partial charge in [0.1, 0.15) is 0 Å². The largest absolute Gasteiger partial charge is 0.352 e. The average molecular weight is 459 g/mol. The van der Waals surface area contributed by atoms with Crippen molar-refractivity contribution in [1.29, 1.82) is 0 Å². The quantitative estimate of drug-likeness (QED) is 0.448. The second kappa shape index (κ2) is 11.3. The third-order valence-corrected chi connectivity index (χ3v) is 7.50. The van der Waals surface area contributed by atoms with Crippen molar-refractivity contribution in [2.75, 3.05) is 12.3 Å². The van der Waals surface area contributed by atoms with E-state index >= 15 is 0 Å². The van der Waals surface area contributed by atoms with Crippen molar-refractivity contribution in [1.82, 2.24) is 19.8 Å². The Bertz CT molecular complexity index is 964. The van der Waals surface area contributed by atoms with Crippen LogP contribution in [-0.4, -0.2) is 50.8 Å². The van der Waals surface area contributed by atoms with Crippen molar-refractivity contribution in [3.8, 4) is 0 Å². The van der Waals surface area contributed by atoms with E-state index in [4.69, 9.17) is 4.98 Å². The summed E-state index contributed by atoms with van der Waals surface area (Å²) in [7, 11) is 0. The van der Waals surface area contributed by atoms with Crippen molar-refractivity contribution in [2.45, 2.75) is 90.1 Å². The smallest absolute Gasteiger partial charge is 0.262 e. The molecule has 1 N–H and O–H groups in total. The molecule has 1 aliphatic carbocycles. The Labute approximate surface area is 196 Å². The van der Waals surface area contributed by atoms with Crippen molar-refractivity contribution >= 4 is 28.6 Å². The number of rotatable bonds is 9. The van der Waals surface area contributed by atoms with Gasteiger partial charge in [-0.3, -0.25) is 19.1 Å². The van der Waals surface area contributed by atoms with Crippen LogP contribution in [0.25, 0.3) is 10.9 Å². The van der Waals surface area contributed by atoms with Gasteiger partial charge in [0.2, 0.25) is 5.91 Å². The number of amides is 1. The molecule has 1 fully saturated rings. The lowest BCUT2D eigenvalue weighted by Gasteiger charge is -2.31. The van der Waals surface area contributed by atoms with Gasteiger partial charge in [-0.2, -0.15) is 0 Å². The van der Waals surface area contributed by atoms with Crippen molar-refractivity contribution in [3.05, 3.63) is 34.6 Å². The molecule has 1 aromatic carbocycles. The Hall–Kier alpha value is -1.86. The van der Waals surface area contributed by atoms with Crippen LogP contribution in [0.15, 0.2) is 34.2 Å². The Morgan fingerprint density at radius 3 is 2.56 bits per heavy atom. The molecule has 3 rings (SSSR count). The number of carbonyl (C=O) groups is 1. The lowest BCUT2D eigenvalue weighted by molar-refractivity contribution is -0.119. The van der Waals surface area contributed by atoms with E-state index < -0.39 is 0 Å². The summed E-state index contributed by atoms with van der Waals surface area (Å²) in [6.45, 7) is 12.2. The summed E-state index contributed by atoms with van der Waals surface area (Å²) in [5.74, 6) is 0.813. The normalized spacial score (nSPS) is 19.2. The molecule has 32 heavy (non-hydrogen) atoms. The minimum Gasteiger partial charge on any atom is -0.352 e. The number of para-hydroxylation sites is 1. The zero-order valence-electron chi connectivity index (χ0n) is 20.1. The van der Waals surface area contributed by atoms with Gasteiger partial charge in [-0.25, -0.2) is 4.98 Å². The third-order valence-electron chi connectivity index (χ3n) is 6.53. The van der Waals surface area contributed by atoms with E-state index in [0.29, 0.717) is 40.6 Å². The molecule has 1 amide bonds. The van der Waals surface area contributed by atoms with Gasteiger partial charge in [0.25, 0.3) is 5.56 Å². The number of hydrogen-bond acceptors (Lipinski definition) is 5. The molecule has 0 saturated heterocycles. The second-order valence-electron chi connectivity index (χ2n) is 9.52. The topological polar surface area (TPSA) is 67.2 Å². The van der Waals surface area contributed by atoms with Crippen molar-refractivity contribution in [3.63, 3.8) is 0 Å². The van der Waals surface area contributed by atoms with E-state index in [-0.39, 0.29) is 23.3 Å². The highest BCUT2D eigenvalue weighted by molar-refractivity contribution is 7.99. The predicted octanol–water partition coefficient (Wildman–Crippen LogP) is 4.30. The number of thioether (sulfide) groups is 1. The highest BCUT2D eigenvalue weighted by Gasteiger charge is 2.23. The first kappa shape index (κ1) is 24.8. The standard InChI is InChI=1S/C25H38N4O2S/c1-17(2)28(18(3)4)14-15-29-24(31)20-11-7-9-13-22(20)27-25(29)32-16-23(30)26-21-12-8-6-10-19(21)5/h7,9,11,13,17-19,21H,6,8,10,12,14-16H2,1-5H3,(H,26,30). The fraction of sp³-hybridized carbons (Fsp3) is 0.640. The van der Waals surface area contributed by atoms with Crippen molar-refractivity contribution < 1.29 is 4.79 Å². The molecule has 7 heteroatoms. The zero-order chi connectivity index (χ0) is 23.3. The minimum absolute atomic E-state index is 0.0219. The van der Waals surface area contributed by atoms with Gasteiger partial charge in [-0.05, 0) is 58.6 Å². The van der Waals surface area contributed by atoms with Crippen LogP contribution >= 0.6 is 11.8 Å². The molecule has 2 unspecified atom stereocenters. The lowest BCUT2D eigenvalue weighted by atomic mass is 9.86. The summed E-state index contributed by atoms with van der Waals surface area (Å²) in [5, 5.41) is 4.45. The minimum atomic E-state index is -0.0353. The molecule has 1 aromatic heterocycles. The van der Waals surface area contributed by atoms with Crippen LogP contribution in [0.4, 0.5) is 0 Å². The Balaban J connectivity index is 1.78. The molecule has 176 valence electrons. The first-order chi connectivity index (χ1) is 15.3. The van der Waals surface area contributed by atoms with E-state index in [1.54, 1.807) is 4.57 Å². The van der Waals surface area contributed by atoms with Crippen LogP contribution in [0.3, 0.4) is 0 Å². The molecule has 0 bridgehead atoms. The van der Waals surface area contributed by atoms with E-state index in [1.165, 1.54) is 31.0 Å². The Kier molecular flexibility index (Phi) is 8.77. The summed E-state index contributed by atoms with van der Waals surface area (Å²) in [6.07, 6.45) is 4.65. The molecular formula is C25H38N4O2S. The average Bonchev–Trinajstić information content (AvgIpc) is 2.75. The second-order valence-corrected chi connectivity index (χ2v) is 10.5. The molecular weight excluding hydrogens is 420 g/mol. The van der Waals surface area contributed by atoms with E-state index in [9.17, 15) is 9.59 Å². The number of aromatic nitrogens is 2. The summed E-state index contributed by atoms with van der Waals surface area (Å²) in [6, 6.07) is 8.49. The SMILES string of the molecule is CC1CCCCC1NC(=O)CSc1nc2ccccc2c(=O)n1CCN(C(C)C)C(C)C. The van der Waals surface area contributed by atoms with Crippen LogP contribution in [-0.2, 0) is 11.3 Å². The lowest BCUT2D eigenvalue weighted by Crippen LogP contribution is -2.42. The number of fused-ring (bicyclic) bond motifs is 1. The highest BCUT2D eigenvalue weighted by atomic mass is 32.2. The number of hydrogen-bond donors (Lipinski definition) is 1. The van der Waals surface area contributed by atoms with Gasteiger partial charge in [0.05, 0.1) is 16.7 Å². The van der Waals surface area contributed by atoms with E-state index in [1.807, 2.05) is 24.3 Å².